The van der Waals surface area contributed by atoms with E-state index in [1.54, 1.807) is 0 Å². The SMILES string of the molecule is CC(C)(C)c1ccnc(-n2c3[c-]c(Oc4[c-]c(N5C=CN(c6ccccc6-c6ccccc6)[CH-]5)ccc4)ccc3c3ccccc32)c1.[Pt]. The smallest absolute Gasteiger partial charge is 0.135 e. The van der Waals surface area contributed by atoms with Gasteiger partial charge >= 0.3 is 0 Å². The zero-order valence-electron chi connectivity index (χ0n) is 26.9. The van der Waals surface area contributed by atoms with E-state index < -0.39 is 0 Å². The van der Waals surface area contributed by atoms with Gasteiger partial charge in [0, 0.05) is 55.5 Å². The molecule has 0 bridgehead atoms. The number of ether oxygens (including phenoxy) is 1. The van der Waals surface area contributed by atoms with E-state index in [0.717, 1.165) is 39.0 Å². The first-order valence-corrected chi connectivity index (χ1v) is 15.8. The minimum absolute atomic E-state index is 0. The van der Waals surface area contributed by atoms with Gasteiger partial charge in [-0.1, -0.05) is 93.0 Å². The molecule has 8 rings (SSSR count). The summed E-state index contributed by atoms with van der Waals surface area (Å²) in [4.78, 5) is 8.97. The molecule has 7 aromatic rings. The first kappa shape index (κ1) is 31.5. The molecule has 0 amide bonds. The molecule has 0 radical (unpaired) electrons. The fourth-order valence-corrected chi connectivity index (χ4v) is 6.14. The standard InChI is InChI=1S/C42H33N4O.Pt/c1-42(2,3)31-22-23-43-41(26-31)46-39-19-10-8-17-36(39)37-21-20-34(28-40(37)46)47-33-15-11-14-32(27-33)44-24-25-45(29-44)38-18-9-7-16-35(38)30-12-5-4-6-13-30;/h4-26,29H,1-3H3;/q-3;. The molecule has 2 aromatic heterocycles. The third-order valence-electron chi connectivity index (χ3n) is 8.55. The summed E-state index contributed by atoms with van der Waals surface area (Å²) in [5, 5.41) is 2.25. The van der Waals surface area contributed by atoms with Crippen molar-refractivity contribution in [1.29, 1.82) is 0 Å². The van der Waals surface area contributed by atoms with E-state index in [4.69, 9.17) is 9.72 Å². The maximum atomic E-state index is 6.42. The van der Waals surface area contributed by atoms with Gasteiger partial charge in [-0.3, -0.25) is 0 Å². The van der Waals surface area contributed by atoms with Crippen LogP contribution in [-0.4, -0.2) is 9.55 Å². The fraction of sp³-hybridized carbons (Fsp3) is 0.0952. The molecule has 240 valence electrons. The minimum atomic E-state index is -0.000441. The van der Waals surface area contributed by atoms with Crippen LogP contribution >= 0.6 is 0 Å². The van der Waals surface area contributed by atoms with Crippen LogP contribution in [0.1, 0.15) is 26.3 Å². The largest absolute Gasteiger partial charge is 0.509 e. The maximum absolute atomic E-state index is 6.42. The summed E-state index contributed by atoms with van der Waals surface area (Å²) in [7, 11) is 0. The Morgan fingerprint density at radius 1 is 0.688 bits per heavy atom. The summed E-state index contributed by atoms with van der Waals surface area (Å²) in [6, 6.07) is 48.6. The monoisotopic (exact) mass is 804 g/mol. The molecule has 0 saturated heterocycles. The van der Waals surface area contributed by atoms with E-state index >= 15 is 0 Å². The predicted octanol–water partition coefficient (Wildman–Crippen LogP) is 10.5. The molecule has 0 atom stereocenters. The number of anilines is 2. The molecule has 0 spiro atoms. The van der Waals surface area contributed by atoms with Gasteiger partial charge < -0.3 is 19.1 Å². The van der Waals surface area contributed by atoms with E-state index in [-0.39, 0.29) is 26.5 Å². The summed E-state index contributed by atoms with van der Waals surface area (Å²) in [5.74, 6) is 2.08. The van der Waals surface area contributed by atoms with Crippen LogP contribution in [0, 0.1) is 18.8 Å². The van der Waals surface area contributed by atoms with Crippen molar-refractivity contribution in [3.8, 4) is 28.4 Å². The third-order valence-corrected chi connectivity index (χ3v) is 8.55. The molecule has 0 N–H and O–H groups in total. The Morgan fingerprint density at radius 3 is 2.29 bits per heavy atom. The third kappa shape index (κ3) is 5.91. The van der Waals surface area contributed by atoms with Gasteiger partial charge in [0.2, 0.25) is 0 Å². The van der Waals surface area contributed by atoms with Crippen molar-refractivity contribution in [3.05, 3.63) is 164 Å². The number of hydrogen-bond donors (Lipinski definition) is 0. The molecule has 6 heteroatoms. The van der Waals surface area contributed by atoms with E-state index in [9.17, 15) is 0 Å². The van der Waals surface area contributed by atoms with Crippen LogP contribution in [0.2, 0.25) is 0 Å². The Morgan fingerprint density at radius 2 is 1.44 bits per heavy atom. The molecule has 0 saturated carbocycles. The molecule has 0 unspecified atom stereocenters. The predicted molar refractivity (Wildman–Crippen MR) is 192 cm³/mol. The molecule has 48 heavy (non-hydrogen) atoms. The molecule has 5 aromatic carbocycles. The zero-order chi connectivity index (χ0) is 32.0. The van der Waals surface area contributed by atoms with Crippen molar-refractivity contribution in [2.24, 2.45) is 0 Å². The maximum Gasteiger partial charge on any atom is 0.135 e. The number of aromatic nitrogens is 2. The fourth-order valence-electron chi connectivity index (χ4n) is 6.14. The van der Waals surface area contributed by atoms with Crippen LogP contribution in [-0.2, 0) is 26.5 Å². The second-order valence-electron chi connectivity index (χ2n) is 12.7. The summed E-state index contributed by atoms with van der Waals surface area (Å²) < 4.78 is 8.60. The van der Waals surface area contributed by atoms with Gasteiger partial charge in [0.25, 0.3) is 0 Å². The number of rotatable bonds is 6. The molecular formula is C42H33N4OPt-3. The van der Waals surface area contributed by atoms with Crippen LogP contribution in [0.3, 0.4) is 0 Å². The molecule has 1 aliphatic rings. The average Bonchev–Trinajstić information content (AvgIpc) is 3.72. The van der Waals surface area contributed by atoms with Gasteiger partial charge in [0.15, 0.2) is 0 Å². The Kier molecular flexibility index (Phi) is 8.41. The molecule has 0 aliphatic carbocycles. The number of pyridine rings is 1. The molecule has 5 nitrogen and oxygen atoms in total. The van der Waals surface area contributed by atoms with Gasteiger partial charge in [0.05, 0.1) is 0 Å². The van der Waals surface area contributed by atoms with Crippen LogP contribution in [0.4, 0.5) is 11.4 Å². The Balaban J connectivity index is 0.00000364. The van der Waals surface area contributed by atoms with Crippen molar-refractivity contribution in [3.63, 3.8) is 0 Å². The number of hydrogen-bond acceptors (Lipinski definition) is 4. The van der Waals surface area contributed by atoms with Gasteiger partial charge in [-0.15, -0.1) is 48.1 Å². The summed E-state index contributed by atoms with van der Waals surface area (Å²) in [5.41, 5.74) is 7.54. The van der Waals surface area contributed by atoms with Gasteiger partial charge in [-0.2, -0.15) is 12.1 Å². The van der Waals surface area contributed by atoms with Crippen LogP contribution in [0.5, 0.6) is 11.5 Å². The Labute approximate surface area is 296 Å². The minimum Gasteiger partial charge on any atom is -0.509 e. The number of para-hydroxylation sites is 2. The molecular weight excluding hydrogens is 772 g/mol. The second-order valence-corrected chi connectivity index (χ2v) is 12.7. The first-order chi connectivity index (χ1) is 22.9. The van der Waals surface area contributed by atoms with Crippen LogP contribution < -0.4 is 14.5 Å². The van der Waals surface area contributed by atoms with Crippen molar-refractivity contribution in [1.82, 2.24) is 9.55 Å². The zero-order valence-corrected chi connectivity index (χ0v) is 29.1. The van der Waals surface area contributed by atoms with Gasteiger partial charge in [-0.05, 0) is 58.6 Å². The summed E-state index contributed by atoms with van der Waals surface area (Å²) >= 11 is 0. The van der Waals surface area contributed by atoms with Crippen molar-refractivity contribution < 1.29 is 25.8 Å². The number of benzene rings is 5. The number of fused-ring (bicyclic) bond motifs is 3. The summed E-state index contributed by atoms with van der Waals surface area (Å²) in [6.07, 6.45) is 5.99. The van der Waals surface area contributed by atoms with Crippen molar-refractivity contribution in [2.75, 3.05) is 9.80 Å². The van der Waals surface area contributed by atoms with E-state index in [0.29, 0.717) is 11.5 Å². The van der Waals surface area contributed by atoms with Gasteiger partial charge in [0.1, 0.15) is 5.82 Å². The quantitative estimate of drug-likeness (QED) is 0.157. The first-order valence-electron chi connectivity index (χ1n) is 15.8. The Bertz CT molecular complexity index is 2270. The molecule has 3 heterocycles. The van der Waals surface area contributed by atoms with Crippen LogP contribution in [0.15, 0.2) is 140 Å². The van der Waals surface area contributed by atoms with Crippen molar-refractivity contribution in [2.45, 2.75) is 26.2 Å². The van der Waals surface area contributed by atoms with Crippen molar-refractivity contribution >= 4 is 33.2 Å². The number of nitrogens with zero attached hydrogens (tertiary/aromatic N) is 4. The molecule has 1 aliphatic heterocycles. The van der Waals surface area contributed by atoms with E-state index in [1.807, 2.05) is 47.6 Å². The Hall–Kier alpha value is -5.12. The average molecular weight is 805 g/mol. The van der Waals surface area contributed by atoms with Crippen LogP contribution in [0.25, 0.3) is 38.8 Å². The van der Waals surface area contributed by atoms with E-state index in [1.165, 1.54) is 16.7 Å². The normalized spacial score (nSPS) is 12.9. The topological polar surface area (TPSA) is 33.5 Å². The van der Waals surface area contributed by atoms with E-state index in [2.05, 4.69) is 146 Å². The summed E-state index contributed by atoms with van der Waals surface area (Å²) in [6.45, 7) is 8.72. The second kappa shape index (κ2) is 12.8. The molecule has 0 fully saturated rings. The van der Waals surface area contributed by atoms with Gasteiger partial charge in [-0.25, -0.2) is 4.98 Å².